The van der Waals surface area contributed by atoms with E-state index in [0.29, 0.717) is 6.42 Å². The molecule has 0 bridgehead atoms. The fourth-order valence-electron chi connectivity index (χ4n) is 2.90. The number of aliphatic hydroxyl groups excluding tert-OH is 1. The lowest BCUT2D eigenvalue weighted by Crippen LogP contribution is -2.37. The van der Waals surface area contributed by atoms with Crippen LogP contribution < -0.4 is 5.32 Å². The Morgan fingerprint density at radius 2 is 2.08 bits per heavy atom. The van der Waals surface area contributed by atoms with Gasteiger partial charge in [-0.1, -0.05) is 18.2 Å². The van der Waals surface area contributed by atoms with Crippen molar-refractivity contribution in [2.45, 2.75) is 23.0 Å². The number of rotatable bonds is 6. The molecule has 1 heterocycles. The Bertz CT molecular complexity index is 744. The third-order valence-corrected chi connectivity index (χ3v) is 5.60. The number of halogens is 2. The van der Waals surface area contributed by atoms with Crippen LogP contribution >= 0.6 is 11.8 Å². The van der Waals surface area contributed by atoms with Crippen LogP contribution in [0.25, 0.3) is 0 Å². The minimum absolute atomic E-state index is 0.0978. The first kappa shape index (κ1) is 17.9. The molecule has 0 aromatic heterocycles. The Morgan fingerprint density at radius 1 is 1.28 bits per heavy atom. The molecular formula is C19H19F2NO2S. The molecule has 2 aromatic carbocycles. The highest BCUT2D eigenvalue weighted by molar-refractivity contribution is 8.01. The molecule has 1 aliphatic heterocycles. The van der Waals surface area contributed by atoms with Crippen molar-refractivity contribution in [3.05, 3.63) is 65.2 Å². The number of hydrogen-bond acceptors (Lipinski definition) is 3. The molecule has 0 saturated carbocycles. The third-order valence-electron chi connectivity index (χ3n) is 4.28. The summed E-state index contributed by atoms with van der Waals surface area (Å²) in [7, 11) is 0. The van der Waals surface area contributed by atoms with Crippen molar-refractivity contribution in [3.63, 3.8) is 0 Å². The van der Waals surface area contributed by atoms with Crippen LogP contribution in [-0.4, -0.2) is 29.4 Å². The van der Waals surface area contributed by atoms with E-state index in [4.69, 9.17) is 0 Å². The maximum Gasteiger partial charge on any atom is 0.233 e. The standard InChI is InChI=1S/C19H19F2NO2S/c20-15-5-6-16(21)14(8-15)7-12(11-23)10-22-19(24)18-9-13-3-1-2-4-17(13)25-18/h1-6,8,12,18,23H,7,9-11H2,(H,22,24)/t12-,18-/m0/s1. The number of amides is 1. The van der Waals surface area contributed by atoms with Crippen molar-refractivity contribution in [2.75, 3.05) is 13.2 Å². The van der Waals surface area contributed by atoms with Crippen molar-refractivity contribution < 1.29 is 18.7 Å². The summed E-state index contributed by atoms with van der Waals surface area (Å²) in [6.45, 7) is 0.00691. The average Bonchev–Trinajstić information content (AvgIpc) is 3.05. The molecule has 25 heavy (non-hydrogen) atoms. The minimum atomic E-state index is -0.516. The molecule has 132 valence electrons. The zero-order chi connectivity index (χ0) is 17.8. The highest BCUT2D eigenvalue weighted by Crippen LogP contribution is 2.36. The van der Waals surface area contributed by atoms with E-state index in [9.17, 15) is 18.7 Å². The number of nitrogens with one attached hydrogen (secondary N) is 1. The normalized spacial score (nSPS) is 17.2. The Morgan fingerprint density at radius 3 is 2.84 bits per heavy atom. The van der Waals surface area contributed by atoms with Gasteiger partial charge >= 0.3 is 0 Å². The highest BCUT2D eigenvalue weighted by atomic mass is 32.2. The lowest BCUT2D eigenvalue weighted by Gasteiger charge is -2.17. The van der Waals surface area contributed by atoms with E-state index in [1.807, 2.05) is 24.3 Å². The molecule has 6 heteroatoms. The topological polar surface area (TPSA) is 49.3 Å². The largest absolute Gasteiger partial charge is 0.396 e. The molecule has 2 aromatic rings. The van der Waals surface area contributed by atoms with Gasteiger partial charge in [-0.2, -0.15) is 0 Å². The number of carbonyl (C=O) groups is 1. The number of hydrogen-bond donors (Lipinski definition) is 2. The molecule has 2 atom stereocenters. The second kappa shape index (κ2) is 7.97. The van der Waals surface area contributed by atoms with E-state index < -0.39 is 11.6 Å². The van der Waals surface area contributed by atoms with Gasteiger partial charge in [0, 0.05) is 24.0 Å². The molecule has 2 N–H and O–H groups in total. The van der Waals surface area contributed by atoms with Gasteiger partial charge in [0.05, 0.1) is 5.25 Å². The summed E-state index contributed by atoms with van der Waals surface area (Å²) < 4.78 is 27.0. The van der Waals surface area contributed by atoms with Crippen molar-refractivity contribution in [2.24, 2.45) is 5.92 Å². The molecule has 1 aliphatic rings. The number of carbonyl (C=O) groups excluding carboxylic acids is 1. The van der Waals surface area contributed by atoms with Gasteiger partial charge in [-0.25, -0.2) is 8.78 Å². The van der Waals surface area contributed by atoms with Crippen LogP contribution in [0.5, 0.6) is 0 Å². The lowest BCUT2D eigenvalue weighted by molar-refractivity contribution is -0.120. The maximum absolute atomic E-state index is 13.7. The van der Waals surface area contributed by atoms with Crippen molar-refractivity contribution in [1.82, 2.24) is 5.32 Å². The number of benzene rings is 2. The number of aliphatic hydroxyl groups is 1. The van der Waals surface area contributed by atoms with Crippen LogP contribution in [-0.2, 0) is 17.6 Å². The van der Waals surface area contributed by atoms with Gasteiger partial charge in [0.25, 0.3) is 0 Å². The molecule has 0 spiro atoms. The maximum atomic E-state index is 13.7. The van der Waals surface area contributed by atoms with Gasteiger partial charge in [0.15, 0.2) is 0 Å². The summed E-state index contributed by atoms with van der Waals surface area (Å²) in [4.78, 5) is 13.5. The first-order valence-electron chi connectivity index (χ1n) is 8.14. The fourth-order valence-corrected chi connectivity index (χ4v) is 4.12. The molecule has 0 unspecified atom stereocenters. The van der Waals surface area contributed by atoms with Crippen LogP contribution in [0.15, 0.2) is 47.4 Å². The van der Waals surface area contributed by atoms with Crippen LogP contribution in [0, 0.1) is 17.6 Å². The van der Waals surface area contributed by atoms with Crippen molar-refractivity contribution >= 4 is 17.7 Å². The quantitative estimate of drug-likeness (QED) is 0.830. The summed E-state index contributed by atoms with van der Waals surface area (Å²) in [5.41, 5.74) is 1.36. The monoisotopic (exact) mass is 363 g/mol. The SMILES string of the molecule is O=C(NC[C@@H](CO)Cc1cc(F)ccc1F)[C@@H]1Cc2ccccc2S1. The van der Waals surface area contributed by atoms with E-state index in [2.05, 4.69) is 5.32 Å². The summed E-state index contributed by atoms with van der Waals surface area (Å²) in [6, 6.07) is 11.2. The first-order chi connectivity index (χ1) is 12.1. The number of fused-ring (bicyclic) bond motifs is 1. The minimum Gasteiger partial charge on any atom is -0.396 e. The van der Waals surface area contributed by atoms with Crippen LogP contribution in [0.1, 0.15) is 11.1 Å². The third kappa shape index (κ3) is 4.38. The predicted octanol–water partition coefficient (Wildman–Crippen LogP) is 2.95. The van der Waals surface area contributed by atoms with E-state index in [1.54, 1.807) is 0 Å². The molecule has 0 aliphatic carbocycles. The van der Waals surface area contributed by atoms with Gasteiger partial charge in [-0.3, -0.25) is 4.79 Å². The Kier molecular flexibility index (Phi) is 5.71. The van der Waals surface area contributed by atoms with Gasteiger partial charge in [0.2, 0.25) is 5.91 Å². The number of thioether (sulfide) groups is 1. The second-order valence-corrected chi connectivity index (χ2v) is 7.40. The summed E-state index contributed by atoms with van der Waals surface area (Å²) in [5.74, 6) is -1.49. The second-order valence-electron chi connectivity index (χ2n) is 6.15. The van der Waals surface area contributed by atoms with E-state index in [0.717, 1.165) is 28.7 Å². The van der Waals surface area contributed by atoms with E-state index >= 15 is 0 Å². The lowest BCUT2D eigenvalue weighted by atomic mass is 9.99. The van der Waals surface area contributed by atoms with Crippen molar-refractivity contribution in [1.29, 1.82) is 0 Å². The van der Waals surface area contributed by atoms with E-state index in [-0.39, 0.29) is 42.2 Å². The van der Waals surface area contributed by atoms with Crippen LogP contribution in [0.2, 0.25) is 0 Å². The predicted molar refractivity (Wildman–Crippen MR) is 93.4 cm³/mol. The van der Waals surface area contributed by atoms with E-state index in [1.165, 1.54) is 11.8 Å². The molecule has 3 rings (SSSR count). The summed E-state index contributed by atoms with van der Waals surface area (Å²) >= 11 is 1.53. The zero-order valence-corrected chi connectivity index (χ0v) is 14.4. The Labute approximate surface area is 149 Å². The molecule has 3 nitrogen and oxygen atoms in total. The summed E-state index contributed by atoms with van der Waals surface area (Å²) in [5, 5.41) is 12.1. The van der Waals surface area contributed by atoms with Gasteiger partial charge in [-0.05, 0) is 48.2 Å². The Balaban J connectivity index is 1.55. The van der Waals surface area contributed by atoms with Gasteiger partial charge in [0.1, 0.15) is 11.6 Å². The highest BCUT2D eigenvalue weighted by Gasteiger charge is 2.28. The zero-order valence-electron chi connectivity index (χ0n) is 13.5. The molecule has 0 radical (unpaired) electrons. The molecule has 0 fully saturated rings. The molecular weight excluding hydrogens is 344 g/mol. The van der Waals surface area contributed by atoms with Crippen LogP contribution in [0.4, 0.5) is 8.78 Å². The average molecular weight is 363 g/mol. The van der Waals surface area contributed by atoms with Gasteiger partial charge in [-0.15, -0.1) is 11.8 Å². The van der Waals surface area contributed by atoms with Crippen LogP contribution in [0.3, 0.4) is 0 Å². The fraction of sp³-hybridized carbons (Fsp3) is 0.316. The van der Waals surface area contributed by atoms with Gasteiger partial charge < -0.3 is 10.4 Å². The summed E-state index contributed by atoms with van der Waals surface area (Å²) in [6.07, 6.45) is 0.841. The molecule has 0 saturated heterocycles. The Hall–Kier alpha value is -1.92. The smallest absolute Gasteiger partial charge is 0.233 e. The first-order valence-corrected chi connectivity index (χ1v) is 9.02. The molecule has 1 amide bonds. The van der Waals surface area contributed by atoms with Crippen molar-refractivity contribution in [3.8, 4) is 0 Å².